The first kappa shape index (κ1) is 18.8. The minimum absolute atomic E-state index is 0.178. The van der Waals surface area contributed by atoms with Gasteiger partial charge in [-0.2, -0.15) is 0 Å². The van der Waals surface area contributed by atoms with Crippen LogP contribution in [0.15, 0.2) is 47.4 Å². The van der Waals surface area contributed by atoms with Crippen LogP contribution < -0.4 is 5.73 Å². The van der Waals surface area contributed by atoms with Gasteiger partial charge in [-0.15, -0.1) is 11.8 Å². The maximum Gasteiger partial charge on any atom is 0.141 e. The Balaban J connectivity index is 2.47. The average Bonchev–Trinajstić information content (AvgIpc) is 2.49. The molecule has 24 heavy (non-hydrogen) atoms. The molecule has 6 heteroatoms. The van der Waals surface area contributed by atoms with Crippen LogP contribution in [0.5, 0.6) is 0 Å². The minimum Gasteiger partial charge on any atom is -0.398 e. The topological polar surface area (TPSA) is 60.2 Å². The number of thioether (sulfide) groups is 1. The number of benzene rings is 2. The molecule has 0 fully saturated rings. The molecule has 2 rings (SSSR count). The summed E-state index contributed by atoms with van der Waals surface area (Å²) in [5.74, 6) is -1.11. The number of hydrogen-bond donors (Lipinski definition) is 1. The van der Waals surface area contributed by atoms with Gasteiger partial charge < -0.3 is 5.73 Å². The van der Waals surface area contributed by atoms with Gasteiger partial charge in [0, 0.05) is 20.6 Å². The molecule has 0 saturated heterocycles. The molecule has 2 N–H and O–H groups in total. The fourth-order valence-corrected chi connectivity index (χ4v) is 4.19. The summed E-state index contributed by atoms with van der Waals surface area (Å²) in [5, 5.41) is 0.742. The Kier molecular flexibility index (Phi) is 6.33. The van der Waals surface area contributed by atoms with Crippen molar-refractivity contribution in [2.45, 2.75) is 24.0 Å². The van der Waals surface area contributed by atoms with Crippen molar-refractivity contribution in [1.82, 2.24) is 0 Å². The van der Waals surface area contributed by atoms with Gasteiger partial charge in [0.05, 0.1) is 11.2 Å². The second-order valence-electron chi connectivity index (χ2n) is 5.47. The van der Waals surface area contributed by atoms with Crippen molar-refractivity contribution in [3.63, 3.8) is 0 Å². The van der Waals surface area contributed by atoms with E-state index in [0.717, 1.165) is 10.5 Å². The Hall–Kier alpha value is -1.49. The van der Waals surface area contributed by atoms with E-state index in [0.29, 0.717) is 15.7 Å². The van der Waals surface area contributed by atoms with E-state index in [4.69, 9.17) is 28.9 Å². The maximum absolute atomic E-state index is 12.1. The quantitative estimate of drug-likeness (QED) is 0.424. The predicted molar refractivity (Wildman–Crippen MR) is 101 cm³/mol. The number of nitrogen functional groups attached to an aromatic ring is 1. The SMILES string of the molecule is CC(=O)C(C(C)=O)C(Sc1ccc(Cl)cc1N)c1ccc(Cl)cc1. The molecule has 1 unspecified atom stereocenters. The van der Waals surface area contributed by atoms with Gasteiger partial charge in [0.1, 0.15) is 11.6 Å². The lowest BCUT2D eigenvalue weighted by molar-refractivity contribution is -0.130. The van der Waals surface area contributed by atoms with E-state index >= 15 is 0 Å². The van der Waals surface area contributed by atoms with Crippen molar-refractivity contribution in [3.8, 4) is 0 Å². The molecule has 0 aliphatic rings. The third kappa shape index (κ3) is 4.53. The Morgan fingerprint density at radius 1 is 0.958 bits per heavy atom. The summed E-state index contributed by atoms with van der Waals surface area (Å²) in [6.07, 6.45) is 0. The van der Waals surface area contributed by atoms with Gasteiger partial charge in [0.2, 0.25) is 0 Å². The lowest BCUT2D eigenvalue weighted by Crippen LogP contribution is -2.25. The molecular formula is C18H17Cl2NO2S. The zero-order valence-electron chi connectivity index (χ0n) is 13.3. The Morgan fingerprint density at radius 2 is 1.50 bits per heavy atom. The van der Waals surface area contributed by atoms with Crippen LogP contribution in [0.3, 0.4) is 0 Å². The number of anilines is 1. The molecule has 0 aromatic heterocycles. The number of nitrogens with two attached hydrogens (primary N) is 1. The van der Waals surface area contributed by atoms with E-state index in [9.17, 15) is 9.59 Å². The van der Waals surface area contributed by atoms with Crippen LogP contribution in [0.2, 0.25) is 10.0 Å². The van der Waals surface area contributed by atoms with Crippen LogP contribution in [0, 0.1) is 5.92 Å². The molecule has 0 bridgehead atoms. The molecule has 0 amide bonds. The number of rotatable bonds is 6. The molecule has 3 nitrogen and oxygen atoms in total. The number of Topliss-reactive ketones (excluding diaryl/α,β-unsaturated/α-hetero) is 2. The van der Waals surface area contributed by atoms with E-state index in [1.54, 1.807) is 30.3 Å². The summed E-state index contributed by atoms with van der Waals surface area (Å²) in [6.45, 7) is 2.86. The molecule has 0 aliphatic carbocycles. The minimum atomic E-state index is -0.758. The fraction of sp³-hybridized carbons (Fsp3) is 0.222. The number of ketones is 2. The summed E-state index contributed by atoms with van der Waals surface area (Å²) in [7, 11) is 0. The predicted octanol–water partition coefficient (Wildman–Crippen LogP) is 5.20. The van der Waals surface area contributed by atoms with Gasteiger partial charge in [0.25, 0.3) is 0 Å². The first-order valence-electron chi connectivity index (χ1n) is 7.27. The van der Waals surface area contributed by atoms with E-state index in [1.807, 2.05) is 12.1 Å². The van der Waals surface area contributed by atoms with Crippen LogP contribution in [0.1, 0.15) is 24.7 Å². The monoisotopic (exact) mass is 381 g/mol. The van der Waals surface area contributed by atoms with Crippen molar-refractivity contribution < 1.29 is 9.59 Å². The van der Waals surface area contributed by atoms with Crippen molar-refractivity contribution in [1.29, 1.82) is 0 Å². The molecular weight excluding hydrogens is 365 g/mol. The fourth-order valence-electron chi connectivity index (χ4n) is 2.46. The van der Waals surface area contributed by atoms with Crippen LogP contribution in [0.4, 0.5) is 5.69 Å². The second kappa shape index (κ2) is 8.06. The molecule has 0 heterocycles. The van der Waals surface area contributed by atoms with Crippen molar-refractivity contribution >= 4 is 52.2 Å². The van der Waals surface area contributed by atoms with Gasteiger partial charge in [-0.05, 0) is 49.7 Å². The molecule has 126 valence electrons. The summed E-state index contributed by atoms with van der Waals surface area (Å²) >= 11 is 13.3. The average molecular weight is 382 g/mol. The molecule has 2 aromatic carbocycles. The van der Waals surface area contributed by atoms with Crippen molar-refractivity contribution in [2.75, 3.05) is 5.73 Å². The molecule has 0 saturated carbocycles. The van der Waals surface area contributed by atoms with Gasteiger partial charge in [-0.25, -0.2) is 0 Å². The smallest absolute Gasteiger partial charge is 0.141 e. The van der Waals surface area contributed by atoms with Crippen molar-refractivity contribution in [2.24, 2.45) is 5.92 Å². The first-order valence-corrected chi connectivity index (χ1v) is 8.91. The highest BCUT2D eigenvalue weighted by Crippen LogP contribution is 2.44. The lowest BCUT2D eigenvalue weighted by Gasteiger charge is -2.24. The highest BCUT2D eigenvalue weighted by molar-refractivity contribution is 7.99. The van der Waals surface area contributed by atoms with E-state index in [-0.39, 0.29) is 16.8 Å². The van der Waals surface area contributed by atoms with Crippen LogP contribution in [-0.2, 0) is 9.59 Å². The number of carbonyl (C=O) groups is 2. The highest BCUT2D eigenvalue weighted by atomic mass is 35.5. The largest absolute Gasteiger partial charge is 0.398 e. The normalized spacial score (nSPS) is 12.2. The van der Waals surface area contributed by atoms with E-state index in [1.165, 1.54) is 25.6 Å². The number of carbonyl (C=O) groups excluding carboxylic acids is 2. The Morgan fingerprint density at radius 3 is 2.00 bits per heavy atom. The summed E-state index contributed by atoms with van der Waals surface area (Å²) in [5.41, 5.74) is 7.38. The van der Waals surface area contributed by atoms with Gasteiger partial charge in [-0.1, -0.05) is 35.3 Å². The molecule has 2 aromatic rings. The lowest BCUT2D eigenvalue weighted by atomic mass is 9.92. The zero-order chi connectivity index (χ0) is 17.9. The van der Waals surface area contributed by atoms with E-state index in [2.05, 4.69) is 0 Å². The Labute approximate surface area is 155 Å². The van der Waals surface area contributed by atoms with Crippen molar-refractivity contribution in [3.05, 3.63) is 58.1 Å². The van der Waals surface area contributed by atoms with Gasteiger partial charge in [-0.3, -0.25) is 9.59 Å². The number of hydrogen-bond acceptors (Lipinski definition) is 4. The maximum atomic E-state index is 12.1. The zero-order valence-corrected chi connectivity index (χ0v) is 15.6. The summed E-state index contributed by atoms with van der Waals surface area (Å²) < 4.78 is 0. The van der Waals surface area contributed by atoms with Gasteiger partial charge >= 0.3 is 0 Å². The third-order valence-electron chi connectivity index (χ3n) is 3.60. The van der Waals surface area contributed by atoms with Gasteiger partial charge in [0.15, 0.2) is 0 Å². The van der Waals surface area contributed by atoms with Crippen LogP contribution >= 0.6 is 35.0 Å². The Bertz CT molecular complexity index is 748. The molecule has 0 aliphatic heterocycles. The van der Waals surface area contributed by atoms with E-state index < -0.39 is 5.92 Å². The molecule has 1 atom stereocenters. The summed E-state index contributed by atoms with van der Waals surface area (Å²) in [4.78, 5) is 24.9. The highest BCUT2D eigenvalue weighted by Gasteiger charge is 2.32. The van der Waals surface area contributed by atoms with Crippen LogP contribution in [-0.4, -0.2) is 11.6 Å². The molecule has 0 radical (unpaired) electrons. The van der Waals surface area contributed by atoms with Crippen LogP contribution in [0.25, 0.3) is 0 Å². The number of halogens is 2. The first-order chi connectivity index (χ1) is 11.3. The molecule has 0 spiro atoms. The third-order valence-corrected chi connectivity index (χ3v) is 5.51. The second-order valence-corrected chi connectivity index (χ2v) is 7.53. The summed E-state index contributed by atoms with van der Waals surface area (Å²) in [6, 6.07) is 12.3. The standard InChI is InChI=1S/C18H17Cl2NO2S/c1-10(22)17(11(2)23)18(12-3-5-13(19)6-4-12)24-16-8-7-14(20)9-15(16)21/h3-9,17-18H,21H2,1-2H3.